The molecule has 2 nitrogen and oxygen atoms in total. The van der Waals surface area contributed by atoms with Crippen LogP contribution < -0.4 is 4.74 Å². The smallest absolute Gasteiger partial charge is 0.308 e. The standard InChI is InChI=1S/C10H16.C8H8O2/c1-7-2-9-4-8(1)5-10(3-7)6-9;1-7(9)10-8-5-3-2-4-6-8/h7-10H,1-6H2;2-6H,1H3. The molecule has 0 heterocycles. The number of carbonyl (C=O) groups excluding carboxylic acids is 1. The second-order valence-corrected chi connectivity index (χ2v) is 6.79. The molecule has 20 heavy (non-hydrogen) atoms. The van der Waals surface area contributed by atoms with Gasteiger partial charge in [0.25, 0.3) is 0 Å². The van der Waals surface area contributed by atoms with E-state index in [0.29, 0.717) is 5.75 Å². The van der Waals surface area contributed by atoms with Crippen molar-refractivity contribution in [1.29, 1.82) is 0 Å². The Morgan fingerprint density at radius 2 is 1.25 bits per heavy atom. The fraction of sp³-hybridized carbons (Fsp3) is 0.611. The Bertz CT molecular complexity index is 395. The van der Waals surface area contributed by atoms with Crippen LogP contribution >= 0.6 is 0 Å². The normalized spacial score (nSPS) is 33.2. The predicted octanol–water partition coefficient (Wildman–Crippen LogP) is 4.44. The summed E-state index contributed by atoms with van der Waals surface area (Å²) in [6.07, 6.45) is 9.62. The number of rotatable bonds is 1. The molecule has 0 amide bonds. The van der Waals surface area contributed by atoms with Crippen molar-refractivity contribution >= 4 is 5.97 Å². The third-order valence-electron chi connectivity index (χ3n) is 5.00. The van der Waals surface area contributed by atoms with Crippen LogP contribution in [0.1, 0.15) is 45.4 Å². The summed E-state index contributed by atoms with van der Waals surface area (Å²) in [5.41, 5.74) is 0. The van der Waals surface area contributed by atoms with Gasteiger partial charge in [0.1, 0.15) is 5.75 Å². The highest BCUT2D eigenvalue weighted by Crippen LogP contribution is 2.53. The Kier molecular flexibility index (Phi) is 4.09. The second kappa shape index (κ2) is 5.99. The molecule has 4 bridgehead atoms. The van der Waals surface area contributed by atoms with E-state index in [0.717, 1.165) is 0 Å². The molecule has 4 saturated carbocycles. The van der Waals surface area contributed by atoms with E-state index in [1.54, 1.807) is 50.7 Å². The van der Waals surface area contributed by atoms with E-state index < -0.39 is 0 Å². The van der Waals surface area contributed by atoms with E-state index in [-0.39, 0.29) is 5.97 Å². The number of para-hydroxylation sites is 1. The van der Waals surface area contributed by atoms with Gasteiger partial charge < -0.3 is 4.74 Å². The Balaban J connectivity index is 0.000000121. The van der Waals surface area contributed by atoms with Crippen molar-refractivity contribution in [3.63, 3.8) is 0 Å². The molecule has 0 aliphatic heterocycles. The number of esters is 1. The molecule has 0 saturated heterocycles. The minimum atomic E-state index is -0.286. The third-order valence-corrected chi connectivity index (χ3v) is 5.00. The number of ether oxygens (including phenoxy) is 1. The fourth-order valence-corrected chi connectivity index (χ4v) is 4.64. The minimum Gasteiger partial charge on any atom is -0.427 e. The van der Waals surface area contributed by atoms with Crippen LogP contribution in [-0.2, 0) is 4.79 Å². The van der Waals surface area contributed by atoms with E-state index in [1.807, 2.05) is 18.2 Å². The number of benzene rings is 1. The van der Waals surface area contributed by atoms with Gasteiger partial charge in [-0.05, 0) is 74.3 Å². The summed E-state index contributed by atoms with van der Waals surface area (Å²) < 4.78 is 4.78. The van der Waals surface area contributed by atoms with Gasteiger partial charge in [-0.1, -0.05) is 18.2 Å². The molecule has 1 aromatic carbocycles. The SMILES string of the molecule is C1C2CC3CC1CC(C2)C3.CC(=O)Oc1ccccc1. The van der Waals surface area contributed by atoms with Crippen molar-refractivity contribution in [1.82, 2.24) is 0 Å². The first-order chi connectivity index (χ1) is 9.69. The molecule has 4 aliphatic rings. The van der Waals surface area contributed by atoms with E-state index >= 15 is 0 Å². The van der Waals surface area contributed by atoms with Crippen LogP contribution in [0.15, 0.2) is 30.3 Å². The molecule has 4 aliphatic carbocycles. The zero-order chi connectivity index (χ0) is 13.9. The van der Waals surface area contributed by atoms with Gasteiger partial charge in [0.05, 0.1) is 0 Å². The predicted molar refractivity (Wildman–Crippen MR) is 79.4 cm³/mol. The minimum absolute atomic E-state index is 0.286. The van der Waals surface area contributed by atoms with E-state index in [1.165, 1.54) is 30.6 Å². The van der Waals surface area contributed by atoms with Gasteiger partial charge in [0.2, 0.25) is 0 Å². The summed E-state index contributed by atoms with van der Waals surface area (Å²) in [4.78, 5) is 10.4. The lowest BCUT2D eigenvalue weighted by Gasteiger charge is -2.49. The summed E-state index contributed by atoms with van der Waals surface area (Å²) in [6.45, 7) is 1.38. The lowest BCUT2D eigenvalue weighted by molar-refractivity contribution is -0.131. The largest absolute Gasteiger partial charge is 0.427 e. The van der Waals surface area contributed by atoms with Crippen molar-refractivity contribution in [2.75, 3.05) is 0 Å². The van der Waals surface area contributed by atoms with Gasteiger partial charge in [0.15, 0.2) is 0 Å². The first-order valence-electron chi connectivity index (χ1n) is 7.92. The van der Waals surface area contributed by atoms with E-state index in [4.69, 9.17) is 4.74 Å². The van der Waals surface area contributed by atoms with Crippen LogP contribution in [0.5, 0.6) is 5.75 Å². The van der Waals surface area contributed by atoms with Crippen LogP contribution in [0, 0.1) is 23.7 Å². The van der Waals surface area contributed by atoms with Gasteiger partial charge in [-0.3, -0.25) is 4.79 Å². The van der Waals surface area contributed by atoms with E-state index in [2.05, 4.69) is 0 Å². The molecule has 4 fully saturated rings. The molecule has 1 aromatic rings. The van der Waals surface area contributed by atoms with Gasteiger partial charge in [-0.15, -0.1) is 0 Å². The van der Waals surface area contributed by atoms with Crippen LogP contribution in [0.4, 0.5) is 0 Å². The van der Waals surface area contributed by atoms with Gasteiger partial charge in [-0.2, -0.15) is 0 Å². The molecular weight excluding hydrogens is 248 g/mol. The summed E-state index contributed by atoms with van der Waals surface area (Å²) >= 11 is 0. The molecule has 2 heteroatoms. The lowest BCUT2D eigenvalue weighted by Crippen LogP contribution is -2.38. The van der Waals surface area contributed by atoms with Crippen molar-refractivity contribution in [3.05, 3.63) is 30.3 Å². The highest BCUT2D eigenvalue weighted by molar-refractivity contribution is 5.69. The zero-order valence-electron chi connectivity index (χ0n) is 12.3. The van der Waals surface area contributed by atoms with Crippen LogP contribution in [0.3, 0.4) is 0 Å². The topological polar surface area (TPSA) is 26.3 Å². The fourth-order valence-electron chi connectivity index (χ4n) is 4.64. The van der Waals surface area contributed by atoms with Crippen molar-refractivity contribution in [2.45, 2.75) is 45.4 Å². The molecule has 0 radical (unpaired) electrons. The van der Waals surface area contributed by atoms with Gasteiger partial charge >= 0.3 is 5.97 Å². The van der Waals surface area contributed by atoms with Crippen LogP contribution in [-0.4, -0.2) is 5.97 Å². The Labute approximate surface area is 121 Å². The molecule has 0 spiro atoms. The highest BCUT2D eigenvalue weighted by Gasteiger charge is 2.41. The third kappa shape index (κ3) is 3.41. The first kappa shape index (κ1) is 13.7. The second-order valence-electron chi connectivity index (χ2n) is 6.79. The molecule has 0 N–H and O–H groups in total. The average molecular weight is 272 g/mol. The van der Waals surface area contributed by atoms with Crippen LogP contribution in [0.25, 0.3) is 0 Å². The van der Waals surface area contributed by atoms with Crippen molar-refractivity contribution in [2.24, 2.45) is 23.7 Å². The van der Waals surface area contributed by atoms with E-state index in [9.17, 15) is 4.79 Å². The van der Waals surface area contributed by atoms with Gasteiger partial charge in [-0.25, -0.2) is 0 Å². The summed E-state index contributed by atoms with van der Waals surface area (Å²) in [7, 11) is 0. The van der Waals surface area contributed by atoms with Crippen LogP contribution in [0.2, 0.25) is 0 Å². The van der Waals surface area contributed by atoms with Crippen molar-refractivity contribution < 1.29 is 9.53 Å². The van der Waals surface area contributed by atoms with Gasteiger partial charge in [0, 0.05) is 6.92 Å². The maximum atomic E-state index is 10.4. The number of hydrogen-bond donors (Lipinski definition) is 0. The quantitative estimate of drug-likeness (QED) is 0.558. The number of carbonyl (C=O) groups is 1. The Hall–Kier alpha value is -1.31. The molecule has 5 rings (SSSR count). The summed E-state index contributed by atoms with van der Waals surface area (Å²) in [5.74, 6) is 5.01. The maximum Gasteiger partial charge on any atom is 0.308 e. The highest BCUT2D eigenvalue weighted by atomic mass is 16.5. The average Bonchev–Trinajstić information content (AvgIpc) is 2.38. The molecule has 0 aromatic heterocycles. The molecule has 0 atom stereocenters. The maximum absolute atomic E-state index is 10.4. The first-order valence-corrected chi connectivity index (χ1v) is 7.92. The summed E-state index contributed by atoms with van der Waals surface area (Å²) in [5, 5.41) is 0. The Morgan fingerprint density at radius 1 is 0.850 bits per heavy atom. The molecule has 0 unspecified atom stereocenters. The lowest BCUT2D eigenvalue weighted by atomic mass is 9.56. The number of hydrogen-bond acceptors (Lipinski definition) is 2. The zero-order valence-corrected chi connectivity index (χ0v) is 12.3. The molecule has 108 valence electrons. The molecular formula is C18H24O2. The monoisotopic (exact) mass is 272 g/mol. The summed E-state index contributed by atoms with van der Waals surface area (Å²) in [6, 6.07) is 8.98. The van der Waals surface area contributed by atoms with Crippen molar-refractivity contribution in [3.8, 4) is 5.75 Å². The Morgan fingerprint density at radius 3 is 1.60 bits per heavy atom.